The first-order valence-electron chi connectivity index (χ1n) is 8.44. The van der Waals surface area contributed by atoms with Crippen molar-refractivity contribution < 1.29 is 9.15 Å². The maximum atomic E-state index is 6.39. The zero-order valence-electron chi connectivity index (χ0n) is 13.1. The van der Waals surface area contributed by atoms with Gasteiger partial charge in [-0.1, -0.05) is 0 Å². The average molecular weight is 311 g/mol. The number of ether oxygens (including phenoxy) is 1. The van der Waals surface area contributed by atoms with Gasteiger partial charge in [0.15, 0.2) is 0 Å². The van der Waals surface area contributed by atoms with Crippen molar-refractivity contribution in [2.75, 3.05) is 19.6 Å². The Bertz CT molecular complexity index is 748. The Kier molecular flexibility index (Phi) is 2.85. The molecular formula is C18H21N3O2. The van der Waals surface area contributed by atoms with Crippen LogP contribution >= 0.6 is 0 Å². The van der Waals surface area contributed by atoms with Crippen LogP contribution in [0.3, 0.4) is 0 Å². The minimum Gasteiger partial charge on any atom is -0.469 e. The molecule has 1 unspecified atom stereocenters. The first-order chi connectivity index (χ1) is 11.3. The maximum Gasteiger partial charge on any atom is 0.217 e. The number of fused-ring (bicyclic) bond motifs is 3. The number of piperidine rings is 3. The molecule has 6 rings (SSSR count). The summed E-state index contributed by atoms with van der Waals surface area (Å²) in [6.45, 7) is 3.91. The van der Waals surface area contributed by atoms with Crippen molar-refractivity contribution in [2.24, 2.45) is 11.7 Å². The Labute approximate surface area is 135 Å². The predicted octanol–water partition coefficient (Wildman–Crippen LogP) is 2.20. The molecule has 1 atom stereocenters. The van der Waals surface area contributed by atoms with Crippen LogP contribution in [-0.4, -0.2) is 35.1 Å². The summed E-state index contributed by atoms with van der Waals surface area (Å²) in [5.41, 5.74) is 8.93. The minimum atomic E-state index is -0.0384. The van der Waals surface area contributed by atoms with Gasteiger partial charge in [0.1, 0.15) is 11.4 Å². The Morgan fingerprint density at radius 1 is 1.26 bits per heavy atom. The summed E-state index contributed by atoms with van der Waals surface area (Å²) in [5.74, 6) is 2.29. The van der Waals surface area contributed by atoms with Crippen molar-refractivity contribution in [3.63, 3.8) is 0 Å². The second-order valence-electron chi connectivity index (χ2n) is 7.09. The van der Waals surface area contributed by atoms with Crippen LogP contribution in [0.15, 0.2) is 29.0 Å². The van der Waals surface area contributed by atoms with Crippen LogP contribution in [0.25, 0.3) is 11.1 Å². The molecule has 5 heteroatoms. The lowest BCUT2D eigenvalue weighted by Gasteiger charge is -2.50. The molecule has 0 amide bonds. The van der Waals surface area contributed by atoms with Gasteiger partial charge in [-0.25, -0.2) is 4.98 Å². The van der Waals surface area contributed by atoms with E-state index in [9.17, 15) is 0 Å². The molecule has 5 nitrogen and oxygen atoms in total. The fourth-order valence-electron chi connectivity index (χ4n) is 4.50. The topological polar surface area (TPSA) is 64.5 Å². The molecule has 0 saturated carbocycles. The van der Waals surface area contributed by atoms with Gasteiger partial charge in [-0.05, 0) is 38.1 Å². The molecule has 4 aliphatic heterocycles. The smallest absolute Gasteiger partial charge is 0.217 e. The van der Waals surface area contributed by atoms with E-state index in [-0.39, 0.29) is 5.60 Å². The predicted molar refractivity (Wildman–Crippen MR) is 86.1 cm³/mol. The third kappa shape index (κ3) is 2.03. The van der Waals surface area contributed by atoms with Crippen LogP contribution < -0.4 is 10.5 Å². The quantitative estimate of drug-likeness (QED) is 0.921. The van der Waals surface area contributed by atoms with Gasteiger partial charge >= 0.3 is 0 Å². The lowest BCUT2D eigenvalue weighted by molar-refractivity contribution is -0.0814. The standard InChI is InChI=1S/C18H21N3O2/c19-8-16-6-14(10-22-16)13-5-12-7-18(23-17(12)20-9-13)11-21-3-1-15(18)2-4-21/h5-6,9-10,15H,1-4,7-8,11,19H2. The molecule has 2 bridgehead atoms. The van der Waals surface area contributed by atoms with Crippen molar-refractivity contribution in [3.8, 4) is 17.0 Å². The van der Waals surface area contributed by atoms with Crippen molar-refractivity contribution in [1.29, 1.82) is 0 Å². The van der Waals surface area contributed by atoms with Crippen molar-refractivity contribution in [3.05, 3.63) is 35.9 Å². The monoisotopic (exact) mass is 311 g/mol. The van der Waals surface area contributed by atoms with Gasteiger partial charge < -0.3 is 14.9 Å². The van der Waals surface area contributed by atoms with Crippen LogP contribution in [-0.2, 0) is 13.0 Å². The van der Waals surface area contributed by atoms with Gasteiger partial charge in [0.2, 0.25) is 5.88 Å². The number of aromatic nitrogens is 1. The van der Waals surface area contributed by atoms with Crippen LogP contribution in [0.5, 0.6) is 5.88 Å². The van der Waals surface area contributed by atoms with E-state index in [0.29, 0.717) is 12.5 Å². The van der Waals surface area contributed by atoms with E-state index < -0.39 is 0 Å². The number of nitrogens with zero attached hydrogens (tertiary/aromatic N) is 2. The average Bonchev–Trinajstić information content (AvgIpc) is 3.19. The first kappa shape index (κ1) is 13.6. The van der Waals surface area contributed by atoms with Crippen LogP contribution in [0.2, 0.25) is 0 Å². The number of furan rings is 1. The number of rotatable bonds is 2. The molecule has 23 heavy (non-hydrogen) atoms. The molecule has 3 fully saturated rings. The summed E-state index contributed by atoms with van der Waals surface area (Å²) in [4.78, 5) is 7.13. The summed E-state index contributed by atoms with van der Waals surface area (Å²) < 4.78 is 11.8. The van der Waals surface area contributed by atoms with Crippen LogP contribution in [0, 0.1) is 5.92 Å². The van der Waals surface area contributed by atoms with Crippen molar-refractivity contribution >= 4 is 0 Å². The van der Waals surface area contributed by atoms with Gasteiger partial charge in [0.25, 0.3) is 0 Å². The van der Waals surface area contributed by atoms with E-state index in [2.05, 4.69) is 16.0 Å². The van der Waals surface area contributed by atoms with E-state index in [1.165, 1.54) is 31.5 Å². The van der Waals surface area contributed by atoms with Gasteiger partial charge in [0, 0.05) is 41.8 Å². The molecule has 0 aromatic carbocycles. The molecule has 0 aliphatic carbocycles. The Hall–Kier alpha value is -1.85. The van der Waals surface area contributed by atoms with E-state index >= 15 is 0 Å². The molecule has 4 aliphatic rings. The summed E-state index contributed by atoms with van der Waals surface area (Å²) in [6, 6.07) is 4.20. The number of nitrogens with two attached hydrogens (primary N) is 1. The lowest BCUT2D eigenvalue weighted by atomic mass is 9.73. The number of pyridine rings is 1. The molecular weight excluding hydrogens is 290 g/mol. The largest absolute Gasteiger partial charge is 0.469 e. The molecule has 2 N–H and O–H groups in total. The van der Waals surface area contributed by atoms with E-state index in [1.54, 1.807) is 6.26 Å². The fraction of sp³-hybridized carbons (Fsp3) is 0.500. The fourth-order valence-corrected chi connectivity index (χ4v) is 4.50. The highest BCUT2D eigenvalue weighted by atomic mass is 16.5. The Morgan fingerprint density at radius 2 is 2.13 bits per heavy atom. The highest BCUT2D eigenvalue weighted by Gasteiger charge is 2.52. The zero-order valence-corrected chi connectivity index (χ0v) is 13.1. The molecule has 6 heterocycles. The Balaban J connectivity index is 1.47. The molecule has 3 saturated heterocycles. The van der Waals surface area contributed by atoms with E-state index in [1.807, 2.05) is 12.3 Å². The molecule has 0 radical (unpaired) electrons. The maximum absolute atomic E-state index is 6.39. The molecule has 2 aromatic heterocycles. The minimum absolute atomic E-state index is 0.0384. The van der Waals surface area contributed by atoms with Crippen molar-refractivity contribution in [2.45, 2.75) is 31.4 Å². The SMILES string of the molecule is NCc1cc(-c2cnc3c(c2)CC2(CN4CCC2CC4)O3)co1. The van der Waals surface area contributed by atoms with Gasteiger partial charge in [0.05, 0.1) is 12.8 Å². The highest BCUT2D eigenvalue weighted by molar-refractivity contribution is 5.64. The third-order valence-corrected chi connectivity index (χ3v) is 5.73. The summed E-state index contributed by atoms with van der Waals surface area (Å²) in [6.07, 6.45) is 7.12. The van der Waals surface area contributed by atoms with Gasteiger partial charge in [-0.15, -0.1) is 0 Å². The third-order valence-electron chi connectivity index (χ3n) is 5.73. The second kappa shape index (κ2) is 4.82. The van der Waals surface area contributed by atoms with Gasteiger partial charge in [-0.2, -0.15) is 0 Å². The highest BCUT2D eigenvalue weighted by Crippen LogP contribution is 2.46. The van der Waals surface area contributed by atoms with E-state index in [0.717, 1.165) is 35.7 Å². The van der Waals surface area contributed by atoms with Crippen molar-refractivity contribution in [1.82, 2.24) is 9.88 Å². The number of hydrogen-bond donors (Lipinski definition) is 1. The first-order valence-corrected chi connectivity index (χ1v) is 8.44. The molecule has 120 valence electrons. The molecule has 2 aromatic rings. The molecule has 1 spiro atoms. The van der Waals surface area contributed by atoms with Gasteiger partial charge in [-0.3, -0.25) is 4.90 Å². The summed E-state index contributed by atoms with van der Waals surface area (Å²) in [5, 5.41) is 0. The zero-order chi connectivity index (χ0) is 15.4. The second-order valence-corrected chi connectivity index (χ2v) is 7.09. The van der Waals surface area contributed by atoms with Crippen LogP contribution in [0.4, 0.5) is 0 Å². The van der Waals surface area contributed by atoms with E-state index in [4.69, 9.17) is 14.9 Å². The number of hydrogen-bond acceptors (Lipinski definition) is 5. The van der Waals surface area contributed by atoms with Crippen LogP contribution in [0.1, 0.15) is 24.2 Å². The Morgan fingerprint density at radius 3 is 2.83 bits per heavy atom. The normalized spacial score (nSPS) is 31.3. The summed E-state index contributed by atoms with van der Waals surface area (Å²) in [7, 11) is 0. The summed E-state index contributed by atoms with van der Waals surface area (Å²) >= 11 is 0. The lowest BCUT2D eigenvalue weighted by Crippen LogP contribution is -2.61.